The Morgan fingerprint density at radius 2 is 1.86 bits per heavy atom. The van der Waals surface area contributed by atoms with E-state index in [4.69, 9.17) is 11.6 Å². The maximum absolute atomic E-state index is 11.7. The quantitative estimate of drug-likeness (QED) is 0.734. The molecule has 0 spiro atoms. The van der Waals surface area contributed by atoms with E-state index >= 15 is 0 Å². The molecule has 22 heavy (non-hydrogen) atoms. The van der Waals surface area contributed by atoms with E-state index in [-0.39, 0.29) is 5.91 Å². The number of amides is 1. The Morgan fingerprint density at radius 3 is 2.59 bits per heavy atom. The van der Waals surface area contributed by atoms with Crippen LogP contribution in [0, 0.1) is 0 Å². The maximum Gasteiger partial charge on any atom is 0.233 e. The van der Waals surface area contributed by atoms with Crippen LogP contribution in [0.1, 0.15) is 11.3 Å². The second kappa shape index (κ2) is 9.18. The first-order chi connectivity index (χ1) is 10.7. The van der Waals surface area contributed by atoms with Crippen LogP contribution in [0.15, 0.2) is 48.7 Å². The number of carbonyl (C=O) groups is 1. The maximum atomic E-state index is 11.7. The van der Waals surface area contributed by atoms with Crippen molar-refractivity contribution in [3.8, 4) is 0 Å². The van der Waals surface area contributed by atoms with Gasteiger partial charge in [0.25, 0.3) is 0 Å². The molecule has 4 nitrogen and oxygen atoms in total. The lowest BCUT2D eigenvalue weighted by Gasteiger charge is -2.07. The minimum Gasteiger partial charge on any atom is -0.355 e. The van der Waals surface area contributed by atoms with Crippen LogP contribution in [0.5, 0.6) is 0 Å². The van der Waals surface area contributed by atoms with Crippen LogP contribution in [0.4, 0.5) is 0 Å². The molecular formula is C17H20ClN3O. The van der Waals surface area contributed by atoms with Gasteiger partial charge in [-0.05, 0) is 36.2 Å². The molecule has 0 atom stereocenters. The van der Waals surface area contributed by atoms with Gasteiger partial charge in [0.2, 0.25) is 5.91 Å². The SMILES string of the molecule is O=C(CNCCc1ccccn1)NCCc1ccc(Cl)cc1. The summed E-state index contributed by atoms with van der Waals surface area (Å²) in [6.07, 6.45) is 3.40. The lowest BCUT2D eigenvalue weighted by atomic mass is 10.1. The first-order valence-corrected chi connectivity index (χ1v) is 7.73. The Hall–Kier alpha value is -1.91. The van der Waals surface area contributed by atoms with Crippen molar-refractivity contribution < 1.29 is 4.79 Å². The Balaban J connectivity index is 1.55. The fraction of sp³-hybridized carbons (Fsp3) is 0.294. The van der Waals surface area contributed by atoms with Gasteiger partial charge in [-0.2, -0.15) is 0 Å². The molecule has 0 saturated carbocycles. The molecule has 0 aliphatic heterocycles. The van der Waals surface area contributed by atoms with Gasteiger partial charge in [0.15, 0.2) is 0 Å². The van der Waals surface area contributed by atoms with Gasteiger partial charge in [-0.25, -0.2) is 0 Å². The van der Waals surface area contributed by atoms with E-state index < -0.39 is 0 Å². The van der Waals surface area contributed by atoms with E-state index in [2.05, 4.69) is 15.6 Å². The summed E-state index contributed by atoms with van der Waals surface area (Å²) >= 11 is 5.83. The highest BCUT2D eigenvalue weighted by Crippen LogP contribution is 2.09. The molecule has 0 aliphatic carbocycles. The van der Waals surface area contributed by atoms with Gasteiger partial charge >= 0.3 is 0 Å². The van der Waals surface area contributed by atoms with Crippen LogP contribution < -0.4 is 10.6 Å². The van der Waals surface area contributed by atoms with Gasteiger partial charge in [-0.15, -0.1) is 0 Å². The number of nitrogens with zero attached hydrogens (tertiary/aromatic N) is 1. The smallest absolute Gasteiger partial charge is 0.233 e. The number of aromatic nitrogens is 1. The van der Waals surface area contributed by atoms with Crippen molar-refractivity contribution in [2.45, 2.75) is 12.8 Å². The van der Waals surface area contributed by atoms with E-state index in [0.29, 0.717) is 13.1 Å². The van der Waals surface area contributed by atoms with Crippen molar-refractivity contribution in [3.05, 3.63) is 64.9 Å². The summed E-state index contributed by atoms with van der Waals surface area (Å²) in [5.74, 6) is 0.00924. The molecule has 1 aromatic heterocycles. The molecule has 0 radical (unpaired) electrons. The largest absolute Gasteiger partial charge is 0.355 e. The van der Waals surface area contributed by atoms with Crippen molar-refractivity contribution in [2.75, 3.05) is 19.6 Å². The molecule has 2 aromatic rings. The van der Waals surface area contributed by atoms with Gasteiger partial charge in [-0.3, -0.25) is 9.78 Å². The van der Waals surface area contributed by atoms with Crippen molar-refractivity contribution in [3.63, 3.8) is 0 Å². The molecular weight excluding hydrogens is 298 g/mol. The van der Waals surface area contributed by atoms with Crippen LogP contribution in [0.3, 0.4) is 0 Å². The number of benzene rings is 1. The lowest BCUT2D eigenvalue weighted by Crippen LogP contribution is -2.35. The first-order valence-electron chi connectivity index (χ1n) is 7.36. The van der Waals surface area contributed by atoms with Gasteiger partial charge in [0.1, 0.15) is 0 Å². The molecule has 1 heterocycles. The minimum absolute atomic E-state index is 0.00924. The van der Waals surface area contributed by atoms with Crippen molar-refractivity contribution >= 4 is 17.5 Å². The van der Waals surface area contributed by atoms with E-state index in [9.17, 15) is 4.79 Å². The number of carbonyl (C=O) groups excluding carboxylic acids is 1. The molecule has 0 unspecified atom stereocenters. The Bertz CT molecular complexity index is 572. The molecule has 0 saturated heterocycles. The fourth-order valence-corrected chi connectivity index (χ4v) is 2.15. The van der Waals surface area contributed by atoms with Gasteiger partial charge in [0.05, 0.1) is 6.54 Å². The van der Waals surface area contributed by atoms with E-state index in [0.717, 1.165) is 35.7 Å². The number of pyridine rings is 1. The van der Waals surface area contributed by atoms with Crippen LogP contribution in [0.25, 0.3) is 0 Å². The van der Waals surface area contributed by atoms with Crippen molar-refractivity contribution in [1.29, 1.82) is 0 Å². The normalized spacial score (nSPS) is 10.4. The van der Waals surface area contributed by atoms with Crippen molar-refractivity contribution in [1.82, 2.24) is 15.6 Å². The molecule has 1 amide bonds. The summed E-state index contributed by atoms with van der Waals surface area (Å²) in [7, 11) is 0. The second-order valence-electron chi connectivity index (χ2n) is 4.97. The molecule has 116 valence electrons. The minimum atomic E-state index is 0.00924. The van der Waals surface area contributed by atoms with Gasteiger partial charge in [-0.1, -0.05) is 29.8 Å². The van der Waals surface area contributed by atoms with Crippen LogP contribution in [-0.2, 0) is 17.6 Å². The topological polar surface area (TPSA) is 54.0 Å². The van der Waals surface area contributed by atoms with E-state index in [1.807, 2.05) is 42.5 Å². The predicted octanol–water partition coefficient (Wildman–Crippen LogP) is 2.23. The number of hydrogen-bond acceptors (Lipinski definition) is 3. The third-order valence-electron chi connectivity index (χ3n) is 3.22. The van der Waals surface area contributed by atoms with Crippen LogP contribution in [-0.4, -0.2) is 30.5 Å². The Morgan fingerprint density at radius 1 is 1.05 bits per heavy atom. The zero-order valence-electron chi connectivity index (χ0n) is 12.4. The highest BCUT2D eigenvalue weighted by Gasteiger charge is 2.01. The number of hydrogen-bond donors (Lipinski definition) is 2. The highest BCUT2D eigenvalue weighted by molar-refractivity contribution is 6.30. The molecule has 0 bridgehead atoms. The third kappa shape index (κ3) is 6.24. The van der Waals surface area contributed by atoms with Crippen LogP contribution >= 0.6 is 11.6 Å². The van der Waals surface area contributed by atoms with Gasteiger partial charge in [0, 0.05) is 36.4 Å². The number of halogens is 1. The summed E-state index contributed by atoms with van der Waals surface area (Å²) in [5.41, 5.74) is 2.19. The lowest BCUT2D eigenvalue weighted by molar-refractivity contribution is -0.120. The molecule has 1 aromatic carbocycles. The zero-order chi connectivity index (χ0) is 15.6. The molecule has 2 rings (SSSR count). The summed E-state index contributed by atoms with van der Waals surface area (Å²) in [6, 6.07) is 13.5. The number of rotatable bonds is 8. The zero-order valence-corrected chi connectivity index (χ0v) is 13.1. The molecule has 0 aliphatic rings. The summed E-state index contributed by atoms with van der Waals surface area (Å²) in [6.45, 7) is 1.69. The highest BCUT2D eigenvalue weighted by atomic mass is 35.5. The first kappa shape index (κ1) is 16.5. The summed E-state index contributed by atoms with van der Waals surface area (Å²) in [5, 5.41) is 6.74. The summed E-state index contributed by atoms with van der Waals surface area (Å²) in [4.78, 5) is 15.9. The van der Waals surface area contributed by atoms with Gasteiger partial charge < -0.3 is 10.6 Å². The molecule has 0 fully saturated rings. The fourth-order valence-electron chi connectivity index (χ4n) is 2.02. The standard InChI is InChI=1S/C17H20ClN3O/c18-15-6-4-14(5-7-15)8-12-21-17(22)13-19-11-9-16-3-1-2-10-20-16/h1-7,10,19H,8-9,11-13H2,(H,21,22). The third-order valence-corrected chi connectivity index (χ3v) is 3.47. The molecule has 5 heteroatoms. The van der Waals surface area contributed by atoms with Crippen LogP contribution in [0.2, 0.25) is 5.02 Å². The predicted molar refractivity (Wildman–Crippen MR) is 89.0 cm³/mol. The second-order valence-corrected chi connectivity index (χ2v) is 5.41. The monoisotopic (exact) mass is 317 g/mol. The molecule has 2 N–H and O–H groups in total. The summed E-state index contributed by atoms with van der Waals surface area (Å²) < 4.78 is 0. The Kier molecular flexibility index (Phi) is 6.87. The number of nitrogens with one attached hydrogen (secondary N) is 2. The average molecular weight is 318 g/mol. The Labute approximate surface area is 135 Å². The van der Waals surface area contributed by atoms with E-state index in [1.54, 1.807) is 6.20 Å². The van der Waals surface area contributed by atoms with E-state index in [1.165, 1.54) is 0 Å². The average Bonchev–Trinajstić information content (AvgIpc) is 2.54. The van der Waals surface area contributed by atoms with Crippen molar-refractivity contribution in [2.24, 2.45) is 0 Å².